The first-order chi connectivity index (χ1) is 3.98. The lowest BCUT2D eigenvalue weighted by atomic mass is 10.1. The van der Waals surface area contributed by atoms with Crippen LogP contribution in [0.25, 0.3) is 0 Å². The van der Waals surface area contributed by atoms with Gasteiger partial charge in [-0.3, -0.25) is 0 Å². The lowest BCUT2D eigenvalue weighted by Gasteiger charge is -2.17. The van der Waals surface area contributed by atoms with Crippen LogP contribution in [-0.2, 0) is 0 Å². The first kappa shape index (κ1) is 8.50. The molecule has 0 aromatic carbocycles. The zero-order valence-electron chi connectivity index (χ0n) is 6.31. The van der Waals surface area contributed by atoms with Crippen LogP contribution in [0.4, 0.5) is 0 Å². The molecule has 9 heavy (non-hydrogen) atoms. The fourth-order valence-electron chi connectivity index (χ4n) is 0.470. The van der Waals surface area contributed by atoms with E-state index >= 15 is 0 Å². The van der Waals surface area contributed by atoms with Crippen molar-refractivity contribution in [3.05, 3.63) is 11.8 Å². The van der Waals surface area contributed by atoms with Gasteiger partial charge in [-0.15, -0.1) is 0 Å². The highest BCUT2D eigenvalue weighted by molar-refractivity contribution is 5.08. The first-order valence-electron chi connectivity index (χ1n) is 3.17. The van der Waals surface area contributed by atoms with Gasteiger partial charge >= 0.3 is 0 Å². The monoisotopic (exact) mass is 129 g/mol. The summed E-state index contributed by atoms with van der Waals surface area (Å²) in [6, 6.07) is 0. The molecule has 2 heteroatoms. The van der Waals surface area contributed by atoms with Crippen LogP contribution >= 0.6 is 0 Å². The molecule has 0 unspecified atom stereocenters. The standard InChI is InChI=1S/C7H15NO/c1-4-5-6(8)7(2,3)9/h5,9H,4,8H2,1-3H3/b6-5+. The maximum atomic E-state index is 9.22. The Morgan fingerprint density at radius 1 is 1.67 bits per heavy atom. The Hall–Kier alpha value is -0.500. The van der Waals surface area contributed by atoms with E-state index in [1.807, 2.05) is 13.0 Å². The molecule has 0 rings (SSSR count). The average Bonchev–Trinajstić information content (AvgIpc) is 1.64. The molecule has 0 amide bonds. The molecule has 0 atom stereocenters. The number of hydrogen-bond acceptors (Lipinski definition) is 2. The third-order valence-electron chi connectivity index (χ3n) is 1.13. The summed E-state index contributed by atoms with van der Waals surface area (Å²) in [6.07, 6.45) is 2.69. The van der Waals surface area contributed by atoms with Crippen molar-refractivity contribution < 1.29 is 5.11 Å². The molecule has 0 spiro atoms. The van der Waals surface area contributed by atoms with Crippen molar-refractivity contribution in [2.24, 2.45) is 5.73 Å². The van der Waals surface area contributed by atoms with Gasteiger partial charge in [-0.05, 0) is 20.3 Å². The van der Waals surface area contributed by atoms with Gasteiger partial charge in [0.15, 0.2) is 0 Å². The SMILES string of the molecule is CC/C=C(/N)C(C)(C)O. The van der Waals surface area contributed by atoms with Crippen LogP contribution in [-0.4, -0.2) is 10.7 Å². The van der Waals surface area contributed by atoms with Gasteiger partial charge in [-0.25, -0.2) is 0 Å². The van der Waals surface area contributed by atoms with Gasteiger partial charge in [-0.1, -0.05) is 13.0 Å². The third kappa shape index (κ3) is 3.14. The molecule has 0 aromatic heterocycles. The molecule has 0 aromatic rings. The van der Waals surface area contributed by atoms with Crippen molar-refractivity contribution in [1.82, 2.24) is 0 Å². The van der Waals surface area contributed by atoms with Crippen LogP contribution in [0.15, 0.2) is 11.8 Å². The van der Waals surface area contributed by atoms with E-state index in [-0.39, 0.29) is 0 Å². The van der Waals surface area contributed by atoms with E-state index < -0.39 is 5.60 Å². The zero-order valence-corrected chi connectivity index (χ0v) is 6.31. The van der Waals surface area contributed by atoms with E-state index in [2.05, 4.69) is 0 Å². The molecule has 0 fully saturated rings. The quantitative estimate of drug-likeness (QED) is 0.584. The minimum Gasteiger partial charge on any atom is -0.400 e. The third-order valence-corrected chi connectivity index (χ3v) is 1.13. The van der Waals surface area contributed by atoms with Crippen LogP contribution in [0.3, 0.4) is 0 Å². The van der Waals surface area contributed by atoms with Crippen LogP contribution in [0.2, 0.25) is 0 Å². The highest BCUT2D eigenvalue weighted by Crippen LogP contribution is 2.09. The van der Waals surface area contributed by atoms with Crippen molar-refractivity contribution in [2.45, 2.75) is 32.8 Å². The summed E-state index contributed by atoms with van der Waals surface area (Å²) in [5.74, 6) is 0. The predicted octanol–water partition coefficient (Wildman–Crippen LogP) is 1.01. The summed E-state index contributed by atoms with van der Waals surface area (Å²) in [4.78, 5) is 0. The summed E-state index contributed by atoms with van der Waals surface area (Å²) >= 11 is 0. The molecule has 0 heterocycles. The van der Waals surface area contributed by atoms with E-state index in [1.165, 1.54) is 0 Å². The van der Waals surface area contributed by atoms with Crippen molar-refractivity contribution >= 4 is 0 Å². The van der Waals surface area contributed by atoms with Gasteiger partial charge in [0.1, 0.15) is 0 Å². The summed E-state index contributed by atoms with van der Waals surface area (Å²) in [5.41, 5.74) is 5.17. The lowest BCUT2D eigenvalue weighted by Crippen LogP contribution is -2.27. The van der Waals surface area contributed by atoms with Crippen LogP contribution in [0.1, 0.15) is 27.2 Å². The fourth-order valence-corrected chi connectivity index (χ4v) is 0.470. The largest absolute Gasteiger partial charge is 0.400 e. The van der Waals surface area contributed by atoms with E-state index in [9.17, 15) is 5.11 Å². The lowest BCUT2D eigenvalue weighted by molar-refractivity contribution is 0.118. The minimum absolute atomic E-state index is 0.546. The van der Waals surface area contributed by atoms with Crippen LogP contribution in [0.5, 0.6) is 0 Å². The molecule has 3 N–H and O–H groups in total. The number of hydrogen-bond donors (Lipinski definition) is 2. The van der Waals surface area contributed by atoms with E-state index in [4.69, 9.17) is 5.73 Å². The minimum atomic E-state index is -0.851. The molecule has 0 radical (unpaired) electrons. The summed E-state index contributed by atoms with van der Waals surface area (Å²) < 4.78 is 0. The predicted molar refractivity (Wildman–Crippen MR) is 38.9 cm³/mol. The van der Waals surface area contributed by atoms with Gasteiger partial charge in [0, 0.05) is 5.70 Å². The van der Waals surface area contributed by atoms with E-state index in [0.29, 0.717) is 5.70 Å². The van der Waals surface area contributed by atoms with Gasteiger partial charge in [-0.2, -0.15) is 0 Å². The topological polar surface area (TPSA) is 46.2 Å². The Morgan fingerprint density at radius 3 is 2.22 bits per heavy atom. The average molecular weight is 129 g/mol. The van der Waals surface area contributed by atoms with Crippen molar-refractivity contribution in [2.75, 3.05) is 0 Å². The second-order valence-electron chi connectivity index (χ2n) is 2.63. The normalized spacial score (nSPS) is 14.0. The van der Waals surface area contributed by atoms with Gasteiger partial charge < -0.3 is 10.8 Å². The number of rotatable bonds is 2. The van der Waals surface area contributed by atoms with Gasteiger partial charge in [0.05, 0.1) is 5.60 Å². The van der Waals surface area contributed by atoms with Crippen molar-refractivity contribution in [1.29, 1.82) is 0 Å². The summed E-state index contributed by atoms with van der Waals surface area (Å²) in [7, 11) is 0. The Morgan fingerprint density at radius 2 is 2.11 bits per heavy atom. The molecule has 2 nitrogen and oxygen atoms in total. The Balaban J connectivity index is 4.03. The van der Waals surface area contributed by atoms with Gasteiger partial charge in [0.25, 0.3) is 0 Å². The second kappa shape index (κ2) is 2.87. The molecule has 0 saturated carbocycles. The second-order valence-corrected chi connectivity index (χ2v) is 2.63. The van der Waals surface area contributed by atoms with Crippen LogP contribution in [0, 0.1) is 0 Å². The molecular weight excluding hydrogens is 114 g/mol. The number of allylic oxidation sites excluding steroid dienone is 1. The smallest absolute Gasteiger partial charge is 0.0978 e. The summed E-state index contributed by atoms with van der Waals surface area (Å²) in [6.45, 7) is 5.33. The van der Waals surface area contributed by atoms with Crippen molar-refractivity contribution in [3.63, 3.8) is 0 Å². The maximum absolute atomic E-state index is 9.22. The highest BCUT2D eigenvalue weighted by Gasteiger charge is 2.14. The number of nitrogens with two attached hydrogens (primary N) is 1. The molecule has 0 aliphatic rings. The van der Waals surface area contributed by atoms with Gasteiger partial charge in [0.2, 0.25) is 0 Å². The Kier molecular flexibility index (Phi) is 2.71. The van der Waals surface area contributed by atoms with E-state index in [1.54, 1.807) is 13.8 Å². The molecular formula is C7H15NO. The molecule has 0 bridgehead atoms. The first-order valence-corrected chi connectivity index (χ1v) is 3.17. The zero-order chi connectivity index (χ0) is 7.49. The maximum Gasteiger partial charge on any atom is 0.0978 e. The molecule has 0 saturated heterocycles. The highest BCUT2D eigenvalue weighted by atomic mass is 16.3. The molecule has 0 aliphatic carbocycles. The molecule has 54 valence electrons. The number of aliphatic hydroxyl groups is 1. The Labute approximate surface area is 56.4 Å². The van der Waals surface area contributed by atoms with Crippen LogP contribution < -0.4 is 5.73 Å². The summed E-state index contributed by atoms with van der Waals surface area (Å²) in [5, 5.41) is 9.22. The van der Waals surface area contributed by atoms with Crippen molar-refractivity contribution in [3.8, 4) is 0 Å². The molecule has 0 aliphatic heterocycles. The fraction of sp³-hybridized carbons (Fsp3) is 0.714. The Bertz CT molecular complexity index is 111. The van der Waals surface area contributed by atoms with E-state index in [0.717, 1.165) is 6.42 Å².